The maximum atomic E-state index is 12.9. The molecule has 69 valence electrons. The second-order valence-corrected chi connectivity index (χ2v) is 2.70. The lowest BCUT2D eigenvalue weighted by atomic mass is 9.82. The smallest absolute Gasteiger partial charge is 0.330 e. The molecular formula is C8H8BF2O2. The van der Waals surface area contributed by atoms with Gasteiger partial charge in [-0.05, 0) is 24.0 Å². The molecule has 1 rings (SSSR count). The maximum absolute atomic E-state index is 12.9. The highest BCUT2D eigenvalue weighted by Gasteiger charge is 2.14. The third-order valence-electron chi connectivity index (χ3n) is 1.71. The Bertz CT molecular complexity index is 315. The van der Waals surface area contributed by atoms with Crippen molar-refractivity contribution >= 4 is 12.9 Å². The molecule has 0 aliphatic carbocycles. The van der Waals surface area contributed by atoms with E-state index in [-0.39, 0.29) is 11.0 Å². The van der Waals surface area contributed by atoms with E-state index in [1.54, 1.807) is 0 Å². The van der Waals surface area contributed by atoms with Crippen LogP contribution in [0.2, 0.25) is 0 Å². The Labute approximate surface area is 75.1 Å². The van der Waals surface area contributed by atoms with Crippen molar-refractivity contribution in [3.05, 3.63) is 29.3 Å². The minimum atomic E-state index is -1.02. The molecule has 2 N–H and O–H groups in total. The molecule has 0 saturated carbocycles. The zero-order valence-electron chi connectivity index (χ0n) is 6.96. The Morgan fingerprint density at radius 3 is 2.46 bits per heavy atom. The molecule has 1 radical (unpaired) electrons. The first-order valence-corrected chi connectivity index (χ1v) is 3.70. The monoisotopic (exact) mass is 185 g/mol. The van der Waals surface area contributed by atoms with E-state index in [2.05, 4.69) is 0 Å². The van der Waals surface area contributed by atoms with Crippen molar-refractivity contribution in [1.82, 2.24) is 0 Å². The first kappa shape index (κ1) is 10.1. The van der Waals surface area contributed by atoms with Crippen LogP contribution in [0.4, 0.5) is 8.78 Å². The zero-order chi connectivity index (χ0) is 10.0. The predicted molar refractivity (Wildman–Crippen MR) is 44.6 cm³/mol. The van der Waals surface area contributed by atoms with Gasteiger partial charge < -0.3 is 10.1 Å². The molecule has 0 amide bonds. The Morgan fingerprint density at radius 1 is 1.38 bits per heavy atom. The van der Waals surface area contributed by atoms with Crippen LogP contribution in [0, 0.1) is 11.6 Å². The van der Waals surface area contributed by atoms with Crippen molar-refractivity contribution in [1.29, 1.82) is 0 Å². The van der Waals surface area contributed by atoms with Crippen LogP contribution in [0.15, 0.2) is 12.1 Å². The molecule has 13 heavy (non-hydrogen) atoms. The van der Waals surface area contributed by atoms with Crippen molar-refractivity contribution in [2.24, 2.45) is 0 Å². The standard InChI is InChI=1S/C8H8BF2O2/c1-4(12)6-2-5(10)3-7(11)8(6)9-13/h2-4,12-13H,1H3. The van der Waals surface area contributed by atoms with Gasteiger partial charge in [-0.3, -0.25) is 0 Å². The SMILES string of the molecule is CC(O)c1cc(F)cc(F)c1[B]O. The summed E-state index contributed by atoms with van der Waals surface area (Å²) >= 11 is 0. The quantitative estimate of drug-likeness (QED) is 0.648. The van der Waals surface area contributed by atoms with Gasteiger partial charge in [0.2, 0.25) is 0 Å². The van der Waals surface area contributed by atoms with Crippen LogP contribution >= 0.6 is 0 Å². The molecule has 0 spiro atoms. The van der Waals surface area contributed by atoms with E-state index in [0.29, 0.717) is 13.5 Å². The minimum absolute atomic E-state index is 0.0278. The minimum Gasteiger partial charge on any atom is -0.450 e. The summed E-state index contributed by atoms with van der Waals surface area (Å²) in [6, 6.07) is 1.63. The van der Waals surface area contributed by atoms with Gasteiger partial charge in [-0.15, -0.1) is 0 Å². The van der Waals surface area contributed by atoms with Crippen LogP contribution in [0.5, 0.6) is 0 Å². The van der Waals surface area contributed by atoms with Crippen LogP contribution in [0.1, 0.15) is 18.6 Å². The van der Waals surface area contributed by atoms with Crippen LogP contribution in [0.25, 0.3) is 0 Å². The van der Waals surface area contributed by atoms with Crippen LogP contribution in [0.3, 0.4) is 0 Å². The summed E-state index contributed by atoms with van der Waals surface area (Å²) in [7, 11) is 0.511. The van der Waals surface area contributed by atoms with E-state index in [9.17, 15) is 8.78 Å². The third-order valence-corrected chi connectivity index (χ3v) is 1.71. The van der Waals surface area contributed by atoms with E-state index in [4.69, 9.17) is 10.1 Å². The number of halogens is 2. The molecule has 1 aromatic rings. The van der Waals surface area contributed by atoms with Crippen LogP contribution in [-0.2, 0) is 0 Å². The summed E-state index contributed by atoms with van der Waals surface area (Å²) in [5, 5.41) is 17.8. The van der Waals surface area contributed by atoms with E-state index in [1.807, 2.05) is 0 Å². The Morgan fingerprint density at radius 2 is 2.00 bits per heavy atom. The molecule has 0 aliphatic rings. The fourth-order valence-electron chi connectivity index (χ4n) is 1.09. The van der Waals surface area contributed by atoms with Crippen molar-refractivity contribution in [2.45, 2.75) is 13.0 Å². The largest absolute Gasteiger partial charge is 0.450 e. The van der Waals surface area contributed by atoms with Gasteiger partial charge in [0.15, 0.2) is 0 Å². The Kier molecular flexibility index (Phi) is 3.00. The fraction of sp³-hybridized carbons (Fsp3) is 0.250. The molecule has 1 aromatic carbocycles. The Hall–Kier alpha value is -0.935. The molecule has 0 heterocycles. The number of hydrogen-bond donors (Lipinski definition) is 2. The first-order chi connectivity index (χ1) is 6.06. The van der Waals surface area contributed by atoms with Crippen molar-refractivity contribution in [3.63, 3.8) is 0 Å². The summed E-state index contributed by atoms with van der Waals surface area (Å²) in [6.45, 7) is 1.36. The lowest BCUT2D eigenvalue weighted by Crippen LogP contribution is -2.25. The van der Waals surface area contributed by atoms with Crippen molar-refractivity contribution in [3.8, 4) is 0 Å². The maximum Gasteiger partial charge on any atom is 0.330 e. The molecule has 0 saturated heterocycles. The van der Waals surface area contributed by atoms with Gasteiger partial charge in [-0.25, -0.2) is 8.78 Å². The molecule has 0 aromatic heterocycles. The number of rotatable bonds is 2. The fourth-order valence-corrected chi connectivity index (χ4v) is 1.09. The van der Waals surface area contributed by atoms with E-state index < -0.39 is 17.7 Å². The van der Waals surface area contributed by atoms with Crippen LogP contribution < -0.4 is 5.46 Å². The average Bonchev–Trinajstić information content (AvgIpc) is 2.02. The lowest BCUT2D eigenvalue weighted by Gasteiger charge is -2.10. The molecule has 0 aliphatic heterocycles. The van der Waals surface area contributed by atoms with Gasteiger partial charge in [0.25, 0.3) is 0 Å². The van der Waals surface area contributed by atoms with Gasteiger partial charge in [-0.1, -0.05) is 0 Å². The first-order valence-electron chi connectivity index (χ1n) is 3.70. The number of aliphatic hydroxyl groups excluding tert-OH is 1. The molecule has 0 fully saturated rings. The molecule has 1 unspecified atom stereocenters. The number of aliphatic hydroxyl groups is 1. The van der Waals surface area contributed by atoms with Gasteiger partial charge >= 0.3 is 7.48 Å². The zero-order valence-corrected chi connectivity index (χ0v) is 6.96. The lowest BCUT2D eigenvalue weighted by molar-refractivity contribution is 0.199. The second-order valence-electron chi connectivity index (χ2n) is 2.70. The molecule has 0 bridgehead atoms. The normalized spacial score (nSPS) is 12.7. The Balaban J connectivity index is 3.29. The highest BCUT2D eigenvalue weighted by Crippen LogP contribution is 2.12. The second kappa shape index (κ2) is 3.85. The van der Waals surface area contributed by atoms with Gasteiger partial charge in [0.1, 0.15) is 11.6 Å². The highest BCUT2D eigenvalue weighted by atomic mass is 19.1. The molecule has 2 nitrogen and oxygen atoms in total. The summed E-state index contributed by atoms with van der Waals surface area (Å²) < 4.78 is 25.6. The predicted octanol–water partition coefficient (Wildman–Crippen LogP) is 0.255. The molecular weight excluding hydrogens is 177 g/mol. The van der Waals surface area contributed by atoms with Crippen molar-refractivity contribution in [2.75, 3.05) is 0 Å². The van der Waals surface area contributed by atoms with Crippen molar-refractivity contribution < 1.29 is 18.9 Å². The van der Waals surface area contributed by atoms with Gasteiger partial charge in [-0.2, -0.15) is 0 Å². The summed E-state index contributed by atoms with van der Waals surface area (Å²) in [5.74, 6) is -1.67. The summed E-state index contributed by atoms with van der Waals surface area (Å²) in [6.07, 6.45) is -1.02. The van der Waals surface area contributed by atoms with E-state index in [0.717, 1.165) is 6.07 Å². The van der Waals surface area contributed by atoms with Gasteiger partial charge in [0.05, 0.1) is 6.10 Å². The van der Waals surface area contributed by atoms with Gasteiger partial charge in [0, 0.05) is 6.07 Å². The molecule has 5 heteroatoms. The van der Waals surface area contributed by atoms with E-state index >= 15 is 0 Å². The summed E-state index contributed by atoms with van der Waals surface area (Å²) in [4.78, 5) is 0. The summed E-state index contributed by atoms with van der Waals surface area (Å²) in [5.41, 5.74) is -0.156. The topological polar surface area (TPSA) is 40.5 Å². The van der Waals surface area contributed by atoms with E-state index in [1.165, 1.54) is 6.92 Å². The highest BCUT2D eigenvalue weighted by molar-refractivity contribution is 6.46. The molecule has 1 atom stereocenters. The van der Waals surface area contributed by atoms with Crippen LogP contribution in [-0.4, -0.2) is 17.6 Å². The number of benzene rings is 1. The third kappa shape index (κ3) is 2.05. The number of hydrogen-bond acceptors (Lipinski definition) is 2. The average molecular weight is 185 g/mol.